The van der Waals surface area contributed by atoms with Crippen LogP contribution in [0.2, 0.25) is 0 Å². The van der Waals surface area contributed by atoms with Gasteiger partial charge < -0.3 is 4.74 Å². The maximum absolute atomic E-state index is 11.3. The lowest BCUT2D eigenvalue weighted by Gasteiger charge is -2.07. The highest BCUT2D eigenvalue weighted by Crippen LogP contribution is 2.24. The third kappa shape index (κ3) is 3.59. The van der Waals surface area contributed by atoms with Gasteiger partial charge in [0.25, 0.3) is 0 Å². The highest BCUT2D eigenvalue weighted by Gasteiger charge is 2.03. The molecule has 3 aromatic carbocycles. The fraction of sp³-hybridized carbons (Fsp3) is 0.190. The summed E-state index contributed by atoms with van der Waals surface area (Å²) in [6.07, 6.45) is 1.71. The van der Waals surface area contributed by atoms with E-state index in [2.05, 4.69) is 61.2 Å². The zero-order valence-electron chi connectivity index (χ0n) is 13.3. The molecule has 0 saturated carbocycles. The zero-order chi connectivity index (χ0) is 16.2. The van der Waals surface area contributed by atoms with Gasteiger partial charge in [0.15, 0.2) is 0 Å². The van der Waals surface area contributed by atoms with Gasteiger partial charge in [-0.3, -0.25) is 0 Å². The number of hydrogen-bond donors (Lipinski definition) is 0. The van der Waals surface area contributed by atoms with Crippen LogP contribution in [0.1, 0.15) is 18.9 Å². The van der Waals surface area contributed by atoms with Crippen molar-refractivity contribution in [3.05, 3.63) is 72.3 Å². The molecule has 0 spiro atoms. The Bertz CT molecular complexity index is 877. The van der Waals surface area contributed by atoms with E-state index < -0.39 is 0 Å². The quantitative estimate of drug-likeness (QED) is 0.285. The van der Waals surface area contributed by atoms with Crippen molar-refractivity contribution in [3.63, 3.8) is 0 Å². The lowest BCUT2D eigenvalue weighted by molar-refractivity contribution is -0.139. The van der Waals surface area contributed by atoms with Crippen molar-refractivity contribution in [1.29, 1.82) is 0 Å². The monoisotopic (exact) mass is 304 g/mol. The summed E-state index contributed by atoms with van der Waals surface area (Å²) >= 11 is 0. The van der Waals surface area contributed by atoms with Crippen LogP contribution in [0.15, 0.2) is 66.7 Å². The molecule has 0 saturated heterocycles. The number of hydrogen-bond acceptors (Lipinski definition) is 2. The van der Waals surface area contributed by atoms with Gasteiger partial charge in [-0.15, -0.1) is 0 Å². The van der Waals surface area contributed by atoms with E-state index in [1.54, 1.807) is 6.92 Å². The number of rotatable bonds is 5. The Morgan fingerprint density at radius 2 is 1.61 bits per heavy atom. The van der Waals surface area contributed by atoms with Crippen LogP contribution in [-0.4, -0.2) is 12.6 Å². The number of carbonyl (C=O) groups is 1. The SMILES string of the molecule is C=C(C)C(=O)OCCCc1ccc2cc3ccccc3cc2c1. The van der Waals surface area contributed by atoms with Gasteiger partial charge in [0.2, 0.25) is 0 Å². The van der Waals surface area contributed by atoms with Crippen LogP contribution in [0.25, 0.3) is 21.5 Å². The third-order valence-electron chi connectivity index (χ3n) is 3.96. The van der Waals surface area contributed by atoms with E-state index in [-0.39, 0.29) is 5.97 Å². The first-order chi connectivity index (χ1) is 11.1. The molecule has 0 amide bonds. The molecule has 2 heteroatoms. The van der Waals surface area contributed by atoms with Crippen molar-refractivity contribution in [2.24, 2.45) is 0 Å². The lowest BCUT2D eigenvalue weighted by atomic mass is 10.0. The van der Waals surface area contributed by atoms with Crippen LogP contribution in [0.4, 0.5) is 0 Å². The highest BCUT2D eigenvalue weighted by atomic mass is 16.5. The first-order valence-electron chi connectivity index (χ1n) is 7.87. The molecule has 0 fully saturated rings. The fourth-order valence-electron chi connectivity index (χ4n) is 2.71. The molecule has 2 nitrogen and oxygen atoms in total. The normalized spacial score (nSPS) is 10.8. The second-order valence-electron chi connectivity index (χ2n) is 5.90. The Hall–Kier alpha value is -2.61. The minimum atomic E-state index is -0.310. The van der Waals surface area contributed by atoms with Crippen molar-refractivity contribution in [2.45, 2.75) is 19.8 Å². The molecule has 0 aliphatic rings. The average Bonchev–Trinajstić information content (AvgIpc) is 2.56. The van der Waals surface area contributed by atoms with Gasteiger partial charge in [-0.1, -0.05) is 49.0 Å². The molecular weight excluding hydrogens is 284 g/mol. The minimum absolute atomic E-state index is 0.310. The van der Waals surface area contributed by atoms with Crippen LogP contribution >= 0.6 is 0 Å². The van der Waals surface area contributed by atoms with Crippen LogP contribution in [0, 0.1) is 0 Å². The molecule has 0 atom stereocenters. The molecule has 0 bridgehead atoms. The third-order valence-corrected chi connectivity index (χ3v) is 3.96. The minimum Gasteiger partial charge on any atom is -0.462 e. The number of esters is 1. The lowest BCUT2D eigenvalue weighted by Crippen LogP contribution is -2.06. The summed E-state index contributed by atoms with van der Waals surface area (Å²) in [7, 11) is 0. The van der Waals surface area contributed by atoms with Crippen molar-refractivity contribution >= 4 is 27.5 Å². The Balaban J connectivity index is 1.71. The van der Waals surface area contributed by atoms with Crippen LogP contribution in [0.5, 0.6) is 0 Å². The summed E-state index contributed by atoms with van der Waals surface area (Å²) in [5.74, 6) is -0.310. The first kappa shape index (κ1) is 15.3. The van der Waals surface area contributed by atoms with E-state index in [0.717, 1.165) is 12.8 Å². The zero-order valence-corrected chi connectivity index (χ0v) is 13.3. The summed E-state index contributed by atoms with van der Waals surface area (Å²) < 4.78 is 5.13. The highest BCUT2D eigenvalue weighted by molar-refractivity contribution is 5.98. The number of fused-ring (bicyclic) bond motifs is 2. The molecule has 0 unspecified atom stereocenters. The summed E-state index contributed by atoms with van der Waals surface area (Å²) in [6.45, 7) is 5.67. The number of carbonyl (C=O) groups excluding carboxylic acids is 1. The Morgan fingerprint density at radius 3 is 2.30 bits per heavy atom. The van der Waals surface area contributed by atoms with E-state index >= 15 is 0 Å². The van der Waals surface area contributed by atoms with E-state index in [0.29, 0.717) is 12.2 Å². The van der Waals surface area contributed by atoms with Crippen molar-refractivity contribution in [1.82, 2.24) is 0 Å². The molecule has 0 aromatic heterocycles. The van der Waals surface area contributed by atoms with Gasteiger partial charge in [-0.05, 0) is 59.0 Å². The van der Waals surface area contributed by atoms with Crippen molar-refractivity contribution in [3.8, 4) is 0 Å². The molecular formula is C21H20O2. The summed E-state index contributed by atoms with van der Waals surface area (Å²) in [5.41, 5.74) is 1.71. The van der Waals surface area contributed by atoms with Gasteiger partial charge in [0.05, 0.1) is 6.61 Å². The standard InChI is InChI=1S/C21H20O2/c1-15(2)21(22)23-11-5-6-16-9-10-19-13-17-7-3-4-8-18(17)14-20(19)12-16/h3-4,7-10,12-14H,1,5-6,11H2,2H3. The van der Waals surface area contributed by atoms with Crippen molar-refractivity contribution < 1.29 is 9.53 Å². The Morgan fingerprint density at radius 1 is 0.957 bits per heavy atom. The predicted octanol–water partition coefficient (Wildman–Crippen LogP) is 5.04. The van der Waals surface area contributed by atoms with Crippen LogP contribution in [0.3, 0.4) is 0 Å². The molecule has 23 heavy (non-hydrogen) atoms. The second-order valence-corrected chi connectivity index (χ2v) is 5.90. The molecule has 0 aliphatic heterocycles. The van der Waals surface area contributed by atoms with Crippen molar-refractivity contribution in [2.75, 3.05) is 6.61 Å². The van der Waals surface area contributed by atoms with Crippen LogP contribution < -0.4 is 0 Å². The summed E-state index contributed by atoms with van der Waals surface area (Å²) in [4.78, 5) is 11.3. The van der Waals surface area contributed by atoms with Crippen LogP contribution in [-0.2, 0) is 16.0 Å². The summed E-state index contributed by atoms with van der Waals surface area (Å²) in [5, 5.41) is 5.02. The number of benzene rings is 3. The molecule has 0 N–H and O–H groups in total. The molecule has 116 valence electrons. The summed E-state index contributed by atoms with van der Waals surface area (Å²) in [6, 6.07) is 19.4. The van der Waals surface area contributed by atoms with Gasteiger partial charge >= 0.3 is 5.97 Å². The van der Waals surface area contributed by atoms with Gasteiger partial charge in [0.1, 0.15) is 0 Å². The second kappa shape index (κ2) is 6.66. The number of ether oxygens (including phenoxy) is 1. The van der Waals surface area contributed by atoms with E-state index in [1.807, 2.05) is 0 Å². The topological polar surface area (TPSA) is 26.3 Å². The first-order valence-corrected chi connectivity index (χ1v) is 7.87. The van der Waals surface area contributed by atoms with Gasteiger partial charge in [0, 0.05) is 5.57 Å². The van der Waals surface area contributed by atoms with E-state index in [9.17, 15) is 4.79 Å². The molecule has 0 heterocycles. The fourth-order valence-corrected chi connectivity index (χ4v) is 2.71. The predicted molar refractivity (Wildman–Crippen MR) is 95.5 cm³/mol. The Kier molecular flexibility index (Phi) is 4.42. The van der Waals surface area contributed by atoms with E-state index in [1.165, 1.54) is 27.1 Å². The molecule has 3 rings (SSSR count). The largest absolute Gasteiger partial charge is 0.462 e. The average molecular weight is 304 g/mol. The number of aryl methyl sites for hydroxylation is 1. The molecule has 3 aromatic rings. The maximum Gasteiger partial charge on any atom is 0.333 e. The van der Waals surface area contributed by atoms with Gasteiger partial charge in [-0.2, -0.15) is 0 Å². The maximum atomic E-state index is 11.3. The smallest absolute Gasteiger partial charge is 0.333 e. The molecule has 0 radical (unpaired) electrons. The Labute approximate surface area is 136 Å². The van der Waals surface area contributed by atoms with Gasteiger partial charge in [-0.25, -0.2) is 4.79 Å². The molecule has 0 aliphatic carbocycles. The van der Waals surface area contributed by atoms with E-state index in [4.69, 9.17) is 4.74 Å².